The summed E-state index contributed by atoms with van der Waals surface area (Å²) in [6.07, 6.45) is -4.58. The molecule has 0 bridgehead atoms. The fourth-order valence-electron chi connectivity index (χ4n) is 0.510. The Morgan fingerprint density at radius 1 is 1.15 bits per heavy atom. The molecule has 0 saturated carbocycles. The average Bonchev–Trinajstić information content (AvgIpc) is 1.93. The minimum atomic E-state index is -4.63. The van der Waals surface area contributed by atoms with Gasteiger partial charge in [-0.2, -0.15) is 0 Å². The van der Waals surface area contributed by atoms with Gasteiger partial charge in [-0.3, -0.25) is 4.74 Å². The number of hydrogen-bond donors (Lipinski definition) is 0. The summed E-state index contributed by atoms with van der Waals surface area (Å²) in [5.74, 6) is 0. The first-order chi connectivity index (χ1) is 5.92. The van der Waals surface area contributed by atoms with E-state index in [-0.39, 0.29) is 19.3 Å². The van der Waals surface area contributed by atoms with Crippen molar-refractivity contribution in [3.63, 3.8) is 0 Å². The molecule has 0 N–H and O–H groups in total. The third-order valence-corrected chi connectivity index (χ3v) is 0.985. The third-order valence-electron chi connectivity index (χ3n) is 0.985. The summed E-state index contributed by atoms with van der Waals surface area (Å²) in [5.41, 5.74) is 0. The van der Waals surface area contributed by atoms with Gasteiger partial charge in [0.05, 0.1) is 19.3 Å². The van der Waals surface area contributed by atoms with E-state index in [0.717, 1.165) is 0 Å². The highest BCUT2D eigenvalue weighted by atomic mass is 19.4. The van der Waals surface area contributed by atoms with Crippen LogP contribution >= 0.6 is 0 Å². The molecule has 0 heterocycles. The number of rotatable bonds is 6. The Bertz CT molecular complexity index is 125. The molecule has 0 aliphatic rings. The van der Waals surface area contributed by atoms with Gasteiger partial charge in [-0.1, -0.05) is 0 Å². The van der Waals surface area contributed by atoms with E-state index in [1.165, 1.54) is 0 Å². The van der Waals surface area contributed by atoms with E-state index >= 15 is 0 Å². The maximum absolute atomic E-state index is 11.4. The Kier molecular flexibility index (Phi) is 6.02. The van der Waals surface area contributed by atoms with Gasteiger partial charge < -0.3 is 9.47 Å². The number of halogens is 3. The number of ether oxygens (including phenoxy) is 3. The predicted octanol–water partition coefficient (Wildman–Crippen LogP) is 1.92. The van der Waals surface area contributed by atoms with Gasteiger partial charge in [-0.05, 0) is 13.8 Å². The Morgan fingerprint density at radius 3 is 2.23 bits per heavy atom. The first-order valence-corrected chi connectivity index (χ1v) is 3.82. The standard InChI is InChI=1S/C7H13F3O3/c1-6(2)12-4-3-11-5-13-7(8,9)10/h6H,3-5H2,1-2H3. The monoisotopic (exact) mass is 202 g/mol. The summed E-state index contributed by atoms with van der Waals surface area (Å²) in [6, 6.07) is 0. The molecule has 0 unspecified atom stereocenters. The van der Waals surface area contributed by atoms with Crippen molar-refractivity contribution in [1.82, 2.24) is 0 Å². The summed E-state index contributed by atoms with van der Waals surface area (Å²) in [7, 11) is 0. The summed E-state index contributed by atoms with van der Waals surface area (Å²) < 4.78 is 46.9. The molecule has 0 aliphatic carbocycles. The second-order valence-corrected chi connectivity index (χ2v) is 2.54. The molecular formula is C7H13F3O3. The molecule has 0 atom stereocenters. The van der Waals surface area contributed by atoms with Gasteiger partial charge in [0.25, 0.3) is 0 Å². The molecule has 6 heteroatoms. The second-order valence-electron chi connectivity index (χ2n) is 2.54. The minimum absolute atomic E-state index is 0.0483. The quantitative estimate of drug-likeness (QED) is 0.486. The Balaban J connectivity index is 3.09. The van der Waals surface area contributed by atoms with Crippen molar-refractivity contribution >= 4 is 0 Å². The normalized spacial score (nSPS) is 12.5. The van der Waals surface area contributed by atoms with Crippen LogP contribution in [0.3, 0.4) is 0 Å². The van der Waals surface area contributed by atoms with Crippen molar-refractivity contribution in [2.24, 2.45) is 0 Å². The highest BCUT2D eigenvalue weighted by Crippen LogP contribution is 2.15. The maximum atomic E-state index is 11.4. The van der Waals surface area contributed by atoms with Crippen LogP contribution < -0.4 is 0 Å². The third kappa shape index (κ3) is 11.7. The van der Waals surface area contributed by atoms with Gasteiger partial charge in [0, 0.05) is 0 Å². The van der Waals surface area contributed by atoms with Crippen molar-refractivity contribution in [2.45, 2.75) is 26.3 Å². The Morgan fingerprint density at radius 2 is 1.77 bits per heavy atom. The molecule has 0 radical (unpaired) electrons. The van der Waals surface area contributed by atoms with Crippen LogP contribution in [0.2, 0.25) is 0 Å². The van der Waals surface area contributed by atoms with Crippen LogP contribution in [0.25, 0.3) is 0 Å². The smallest absolute Gasteiger partial charge is 0.376 e. The summed E-state index contributed by atoms with van der Waals surface area (Å²) >= 11 is 0. The lowest BCUT2D eigenvalue weighted by atomic mass is 10.5. The minimum Gasteiger partial charge on any atom is -0.376 e. The van der Waals surface area contributed by atoms with Crippen molar-refractivity contribution in [3.05, 3.63) is 0 Å². The van der Waals surface area contributed by atoms with Crippen LogP contribution in [0.1, 0.15) is 13.8 Å². The Hall–Kier alpha value is -0.330. The van der Waals surface area contributed by atoms with Crippen LogP contribution in [-0.2, 0) is 14.2 Å². The van der Waals surface area contributed by atoms with E-state index in [1.807, 2.05) is 13.8 Å². The topological polar surface area (TPSA) is 27.7 Å². The van der Waals surface area contributed by atoms with Crippen molar-refractivity contribution in [2.75, 3.05) is 20.0 Å². The summed E-state index contributed by atoms with van der Waals surface area (Å²) in [4.78, 5) is 0. The number of hydrogen-bond acceptors (Lipinski definition) is 3. The lowest BCUT2D eigenvalue weighted by Crippen LogP contribution is -2.17. The second kappa shape index (κ2) is 6.17. The predicted molar refractivity (Wildman–Crippen MR) is 39.0 cm³/mol. The molecule has 80 valence electrons. The molecule has 0 saturated heterocycles. The van der Waals surface area contributed by atoms with Gasteiger partial charge in [0.2, 0.25) is 0 Å². The van der Waals surface area contributed by atoms with Crippen molar-refractivity contribution < 1.29 is 27.4 Å². The molecule has 0 aromatic rings. The van der Waals surface area contributed by atoms with Crippen LogP contribution in [0.5, 0.6) is 0 Å². The van der Waals surface area contributed by atoms with E-state index in [2.05, 4.69) is 9.47 Å². The molecule has 13 heavy (non-hydrogen) atoms. The van der Waals surface area contributed by atoms with Gasteiger partial charge in [-0.25, -0.2) is 0 Å². The van der Waals surface area contributed by atoms with Gasteiger partial charge >= 0.3 is 6.36 Å². The van der Waals surface area contributed by atoms with E-state index in [9.17, 15) is 13.2 Å². The summed E-state index contributed by atoms with van der Waals surface area (Å²) in [6.45, 7) is 3.22. The zero-order valence-corrected chi connectivity index (χ0v) is 7.56. The highest BCUT2D eigenvalue weighted by Gasteiger charge is 2.28. The molecule has 0 spiro atoms. The molecule has 0 aromatic heterocycles. The molecule has 3 nitrogen and oxygen atoms in total. The van der Waals surface area contributed by atoms with Gasteiger partial charge in [-0.15, -0.1) is 13.2 Å². The SMILES string of the molecule is CC(C)OCCOCOC(F)(F)F. The lowest BCUT2D eigenvalue weighted by Gasteiger charge is -2.09. The molecular weight excluding hydrogens is 189 g/mol. The van der Waals surface area contributed by atoms with Crippen LogP contribution in [0.15, 0.2) is 0 Å². The summed E-state index contributed by atoms with van der Waals surface area (Å²) in [5, 5.41) is 0. The average molecular weight is 202 g/mol. The molecule has 0 rings (SSSR count). The Labute approximate surface area is 74.8 Å². The van der Waals surface area contributed by atoms with E-state index < -0.39 is 13.2 Å². The fraction of sp³-hybridized carbons (Fsp3) is 1.00. The highest BCUT2D eigenvalue weighted by molar-refractivity contribution is 4.35. The molecule has 0 aliphatic heterocycles. The molecule has 0 fully saturated rings. The maximum Gasteiger partial charge on any atom is 0.524 e. The molecule has 0 aromatic carbocycles. The first-order valence-electron chi connectivity index (χ1n) is 3.82. The largest absolute Gasteiger partial charge is 0.524 e. The van der Waals surface area contributed by atoms with Crippen LogP contribution in [0, 0.1) is 0 Å². The zero-order chi connectivity index (χ0) is 10.3. The lowest BCUT2D eigenvalue weighted by molar-refractivity contribution is -0.350. The number of alkyl halides is 3. The van der Waals surface area contributed by atoms with Crippen molar-refractivity contribution in [1.29, 1.82) is 0 Å². The van der Waals surface area contributed by atoms with Gasteiger partial charge in [0.15, 0.2) is 6.79 Å². The van der Waals surface area contributed by atoms with Gasteiger partial charge in [0.1, 0.15) is 0 Å². The van der Waals surface area contributed by atoms with E-state index in [4.69, 9.17) is 4.74 Å². The molecule has 0 amide bonds. The first kappa shape index (κ1) is 12.7. The zero-order valence-electron chi connectivity index (χ0n) is 7.56. The van der Waals surface area contributed by atoms with Crippen molar-refractivity contribution in [3.8, 4) is 0 Å². The van der Waals surface area contributed by atoms with Crippen LogP contribution in [0.4, 0.5) is 13.2 Å². The van der Waals surface area contributed by atoms with E-state index in [1.54, 1.807) is 0 Å². The van der Waals surface area contributed by atoms with E-state index in [0.29, 0.717) is 0 Å². The van der Waals surface area contributed by atoms with Crippen LogP contribution in [-0.4, -0.2) is 32.5 Å². The fourth-order valence-corrected chi connectivity index (χ4v) is 0.510.